The first-order valence-electron chi connectivity index (χ1n) is 6.20. The number of H-pyrrole nitrogens is 1. The quantitative estimate of drug-likeness (QED) is 0.868. The summed E-state index contributed by atoms with van der Waals surface area (Å²) in [6, 6.07) is 6.47. The molecule has 4 heteroatoms. The van der Waals surface area contributed by atoms with Crippen molar-refractivity contribution in [3.8, 4) is 11.3 Å². The van der Waals surface area contributed by atoms with E-state index in [9.17, 15) is 4.39 Å². The third-order valence-electron chi connectivity index (χ3n) is 3.60. The van der Waals surface area contributed by atoms with Gasteiger partial charge in [-0.3, -0.25) is 0 Å². The highest BCUT2D eigenvalue weighted by Crippen LogP contribution is 2.46. The second kappa shape index (κ2) is 4.21. The Bertz CT molecular complexity index is 540. The molecule has 3 rings (SSSR count). The molecule has 0 atom stereocenters. The number of halogens is 1. The molecule has 0 bridgehead atoms. The van der Waals surface area contributed by atoms with Crippen LogP contribution in [-0.2, 0) is 5.41 Å². The Hall–Kier alpha value is -1.68. The van der Waals surface area contributed by atoms with Crippen LogP contribution in [-0.4, -0.2) is 23.6 Å². The maximum Gasteiger partial charge on any atom is 0.123 e. The standard InChI is InChI=1S/C14H16FN3/c1-16-9-14(6-7-14)13-17-8-12(18-13)10-2-4-11(15)5-3-10/h2-5,8,16H,6-7,9H2,1H3,(H,17,18). The van der Waals surface area contributed by atoms with Gasteiger partial charge in [0.1, 0.15) is 11.6 Å². The lowest BCUT2D eigenvalue weighted by atomic mass is 10.1. The second-order valence-corrected chi connectivity index (χ2v) is 4.96. The fraction of sp³-hybridized carbons (Fsp3) is 0.357. The molecule has 1 aromatic heterocycles. The molecule has 1 fully saturated rings. The van der Waals surface area contributed by atoms with Crippen LogP contribution >= 0.6 is 0 Å². The largest absolute Gasteiger partial charge is 0.342 e. The summed E-state index contributed by atoms with van der Waals surface area (Å²) >= 11 is 0. The van der Waals surface area contributed by atoms with E-state index in [0.29, 0.717) is 0 Å². The van der Waals surface area contributed by atoms with Crippen LogP contribution in [0.5, 0.6) is 0 Å². The lowest BCUT2D eigenvalue weighted by Crippen LogP contribution is -2.24. The SMILES string of the molecule is CNCC1(c2ncc(-c3ccc(F)cc3)[nH]2)CC1. The molecule has 0 amide bonds. The third kappa shape index (κ3) is 1.93. The first kappa shape index (κ1) is 11.4. The van der Waals surface area contributed by atoms with Crippen LogP contribution in [0.3, 0.4) is 0 Å². The van der Waals surface area contributed by atoms with E-state index in [1.165, 1.54) is 25.0 Å². The minimum absolute atomic E-state index is 0.188. The molecule has 18 heavy (non-hydrogen) atoms. The average Bonchev–Trinajstić information content (AvgIpc) is 2.99. The van der Waals surface area contributed by atoms with Crippen molar-refractivity contribution in [1.82, 2.24) is 15.3 Å². The number of nitrogens with one attached hydrogen (secondary N) is 2. The summed E-state index contributed by atoms with van der Waals surface area (Å²) in [6.07, 6.45) is 4.17. The molecule has 0 radical (unpaired) electrons. The van der Waals surface area contributed by atoms with Crippen LogP contribution in [0.25, 0.3) is 11.3 Å². The van der Waals surface area contributed by atoms with Crippen LogP contribution < -0.4 is 5.32 Å². The van der Waals surface area contributed by atoms with E-state index in [4.69, 9.17) is 0 Å². The fourth-order valence-corrected chi connectivity index (χ4v) is 2.35. The zero-order chi connectivity index (χ0) is 12.6. The molecule has 1 aromatic carbocycles. The van der Waals surface area contributed by atoms with Crippen LogP contribution in [0.4, 0.5) is 4.39 Å². The number of rotatable bonds is 4. The smallest absolute Gasteiger partial charge is 0.123 e. The van der Waals surface area contributed by atoms with Crippen LogP contribution in [0, 0.1) is 5.82 Å². The van der Waals surface area contributed by atoms with Crippen molar-refractivity contribution in [3.63, 3.8) is 0 Å². The van der Waals surface area contributed by atoms with E-state index in [0.717, 1.165) is 23.6 Å². The monoisotopic (exact) mass is 245 g/mol. The van der Waals surface area contributed by atoms with Gasteiger partial charge in [-0.1, -0.05) is 0 Å². The van der Waals surface area contributed by atoms with Gasteiger partial charge in [-0.05, 0) is 49.7 Å². The Morgan fingerprint density at radius 1 is 1.33 bits per heavy atom. The summed E-state index contributed by atoms with van der Waals surface area (Å²) in [5.41, 5.74) is 2.11. The van der Waals surface area contributed by atoms with Gasteiger partial charge in [0.05, 0.1) is 11.9 Å². The summed E-state index contributed by atoms with van der Waals surface area (Å²) in [5.74, 6) is 0.823. The predicted octanol–water partition coefficient (Wildman–Crippen LogP) is 2.47. The van der Waals surface area contributed by atoms with Gasteiger partial charge in [0.2, 0.25) is 0 Å². The van der Waals surface area contributed by atoms with Crippen molar-refractivity contribution in [2.45, 2.75) is 18.3 Å². The fourth-order valence-electron chi connectivity index (χ4n) is 2.35. The number of nitrogens with zero attached hydrogens (tertiary/aromatic N) is 1. The number of aromatic amines is 1. The Morgan fingerprint density at radius 3 is 2.67 bits per heavy atom. The van der Waals surface area contributed by atoms with Crippen molar-refractivity contribution in [3.05, 3.63) is 42.1 Å². The van der Waals surface area contributed by atoms with E-state index >= 15 is 0 Å². The van der Waals surface area contributed by atoms with E-state index in [-0.39, 0.29) is 11.2 Å². The normalized spacial score (nSPS) is 16.8. The predicted molar refractivity (Wildman–Crippen MR) is 68.8 cm³/mol. The Kier molecular flexibility index (Phi) is 2.67. The van der Waals surface area contributed by atoms with Gasteiger partial charge in [-0.2, -0.15) is 0 Å². The molecule has 1 aliphatic rings. The molecule has 0 aliphatic heterocycles. The lowest BCUT2D eigenvalue weighted by molar-refractivity contribution is 0.594. The van der Waals surface area contributed by atoms with Gasteiger partial charge in [-0.25, -0.2) is 9.37 Å². The molecule has 1 heterocycles. The van der Waals surface area contributed by atoms with Crippen molar-refractivity contribution >= 4 is 0 Å². The number of aromatic nitrogens is 2. The Morgan fingerprint density at radius 2 is 2.06 bits per heavy atom. The molecule has 94 valence electrons. The molecular weight excluding hydrogens is 229 g/mol. The topological polar surface area (TPSA) is 40.7 Å². The van der Waals surface area contributed by atoms with Gasteiger partial charge in [-0.15, -0.1) is 0 Å². The van der Waals surface area contributed by atoms with Crippen LogP contribution in [0.1, 0.15) is 18.7 Å². The summed E-state index contributed by atoms with van der Waals surface area (Å²) in [7, 11) is 1.96. The van der Waals surface area contributed by atoms with Gasteiger partial charge in [0, 0.05) is 12.0 Å². The van der Waals surface area contributed by atoms with E-state index in [2.05, 4.69) is 15.3 Å². The van der Waals surface area contributed by atoms with Gasteiger partial charge < -0.3 is 10.3 Å². The van der Waals surface area contributed by atoms with E-state index in [1.807, 2.05) is 13.2 Å². The summed E-state index contributed by atoms with van der Waals surface area (Å²) in [6.45, 7) is 0.948. The second-order valence-electron chi connectivity index (χ2n) is 4.96. The molecule has 0 saturated heterocycles. The van der Waals surface area contributed by atoms with Gasteiger partial charge >= 0.3 is 0 Å². The first-order valence-corrected chi connectivity index (χ1v) is 6.20. The molecule has 1 aliphatic carbocycles. The maximum atomic E-state index is 12.9. The Balaban J connectivity index is 1.88. The lowest BCUT2D eigenvalue weighted by Gasteiger charge is -2.10. The number of benzene rings is 1. The molecule has 1 saturated carbocycles. The summed E-state index contributed by atoms with van der Waals surface area (Å²) in [4.78, 5) is 7.84. The number of imidazole rings is 1. The van der Waals surface area contributed by atoms with Crippen molar-refractivity contribution in [2.75, 3.05) is 13.6 Å². The number of hydrogen-bond donors (Lipinski definition) is 2. The summed E-state index contributed by atoms with van der Waals surface area (Å²) < 4.78 is 12.9. The zero-order valence-corrected chi connectivity index (χ0v) is 10.3. The maximum absolute atomic E-state index is 12.9. The third-order valence-corrected chi connectivity index (χ3v) is 3.60. The Labute approximate surface area is 105 Å². The first-order chi connectivity index (χ1) is 8.73. The molecule has 2 N–H and O–H groups in total. The summed E-state index contributed by atoms with van der Waals surface area (Å²) in [5, 5.41) is 3.22. The highest BCUT2D eigenvalue weighted by Gasteiger charge is 2.46. The van der Waals surface area contributed by atoms with Crippen LogP contribution in [0.2, 0.25) is 0 Å². The van der Waals surface area contributed by atoms with Crippen molar-refractivity contribution in [1.29, 1.82) is 0 Å². The highest BCUT2D eigenvalue weighted by molar-refractivity contribution is 5.58. The molecule has 3 nitrogen and oxygen atoms in total. The molecule has 2 aromatic rings. The zero-order valence-electron chi connectivity index (χ0n) is 10.3. The average molecular weight is 245 g/mol. The van der Waals surface area contributed by atoms with Crippen molar-refractivity contribution in [2.24, 2.45) is 0 Å². The number of hydrogen-bond acceptors (Lipinski definition) is 2. The number of likely N-dealkylation sites (N-methyl/N-ethyl adjacent to an activating group) is 1. The van der Waals surface area contributed by atoms with Gasteiger partial charge in [0.25, 0.3) is 0 Å². The molecule has 0 unspecified atom stereocenters. The van der Waals surface area contributed by atoms with Crippen LogP contribution in [0.15, 0.2) is 30.5 Å². The minimum Gasteiger partial charge on any atom is -0.342 e. The molecule has 0 spiro atoms. The van der Waals surface area contributed by atoms with E-state index in [1.54, 1.807) is 12.1 Å². The minimum atomic E-state index is -0.215. The van der Waals surface area contributed by atoms with Gasteiger partial charge in [0.15, 0.2) is 0 Å². The van der Waals surface area contributed by atoms with E-state index < -0.39 is 0 Å². The highest BCUT2D eigenvalue weighted by atomic mass is 19.1. The molecular formula is C14H16FN3. The van der Waals surface area contributed by atoms with Crippen molar-refractivity contribution < 1.29 is 4.39 Å².